The van der Waals surface area contributed by atoms with Gasteiger partial charge in [-0.1, -0.05) is 0 Å². The van der Waals surface area contributed by atoms with E-state index in [1.165, 1.54) is 11.5 Å². The number of halogens is 1. The fraction of sp³-hybridized carbons (Fsp3) is 0.429. The maximum atomic E-state index is 12.3. The van der Waals surface area contributed by atoms with Crippen LogP contribution in [0.4, 0.5) is 10.9 Å². The molecular weight excluding hydrogens is 366 g/mol. The van der Waals surface area contributed by atoms with Gasteiger partial charge in [-0.15, -0.1) is 0 Å². The van der Waals surface area contributed by atoms with Gasteiger partial charge in [0.05, 0.1) is 0 Å². The number of hydrogen-bond acceptors (Lipinski definition) is 6. The van der Waals surface area contributed by atoms with Crippen molar-refractivity contribution in [3.8, 4) is 0 Å². The second kappa shape index (κ2) is 6.70. The van der Waals surface area contributed by atoms with E-state index in [-0.39, 0.29) is 11.8 Å². The van der Waals surface area contributed by atoms with Gasteiger partial charge in [-0.05, 0) is 47.8 Å². The fourth-order valence-electron chi connectivity index (χ4n) is 2.43. The number of piperidine rings is 1. The average molecular weight is 382 g/mol. The first-order valence-corrected chi connectivity index (χ1v) is 8.66. The first-order chi connectivity index (χ1) is 10.6. The van der Waals surface area contributed by atoms with Gasteiger partial charge in [-0.25, -0.2) is 9.97 Å². The van der Waals surface area contributed by atoms with Crippen LogP contribution < -0.4 is 10.2 Å². The van der Waals surface area contributed by atoms with Crippen molar-refractivity contribution < 1.29 is 4.79 Å². The second-order valence-corrected chi connectivity index (χ2v) is 6.88. The Morgan fingerprint density at radius 2 is 2.18 bits per heavy atom. The topological polar surface area (TPSA) is 71.0 Å². The van der Waals surface area contributed by atoms with E-state index < -0.39 is 0 Å². The Bertz CT molecular complexity index is 652. The molecular formula is C14H16BrN5OS. The van der Waals surface area contributed by atoms with Crippen LogP contribution in [-0.4, -0.2) is 33.3 Å². The van der Waals surface area contributed by atoms with Crippen molar-refractivity contribution in [1.82, 2.24) is 14.3 Å². The number of hydrogen-bond donors (Lipinski definition) is 1. The van der Waals surface area contributed by atoms with Gasteiger partial charge < -0.3 is 10.2 Å². The molecule has 1 amide bonds. The molecule has 2 aromatic heterocycles. The lowest BCUT2D eigenvalue weighted by atomic mass is 9.96. The minimum absolute atomic E-state index is 0.0238. The Labute approximate surface area is 141 Å². The van der Waals surface area contributed by atoms with Crippen molar-refractivity contribution in [2.24, 2.45) is 5.92 Å². The van der Waals surface area contributed by atoms with Gasteiger partial charge in [0.15, 0.2) is 0 Å². The molecule has 0 spiro atoms. The van der Waals surface area contributed by atoms with Crippen molar-refractivity contribution in [2.45, 2.75) is 19.8 Å². The number of anilines is 2. The maximum Gasteiger partial charge on any atom is 0.228 e. The van der Waals surface area contributed by atoms with Crippen LogP contribution in [0.25, 0.3) is 0 Å². The normalized spacial score (nSPS) is 15.8. The molecule has 116 valence electrons. The molecule has 1 saturated heterocycles. The molecule has 1 aliphatic heterocycles. The number of carbonyl (C=O) groups excluding carboxylic acids is 1. The van der Waals surface area contributed by atoms with E-state index in [2.05, 4.69) is 40.5 Å². The number of nitrogens with zero attached hydrogens (tertiary/aromatic N) is 4. The summed E-state index contributed by atoms with van der Waals surface area (Å²) in [7, 11) is 0. The van der Waals surface area contributed by atoms with E-state index in [1.54, 1.807) is 12.3 Å². The highest BCUT2D eigenvalue weighted by atomic mass is 79.9. The van der Waals surface area contributed by atoms with E-state index in [0.717, 1.165) is 41.4 Å². The Balaban J connectivity index is 1.54. The monoisotopic (exact) mass is 381 g/mol. The third-order valence-electron chi connectivity index (χ3n) is 3.63. The van der Waals surface area contributed by atoms with Crippen LogP contribution in [0.5, 0.6) is 0 Å². The number of amides is 1. The van der Waals surface area contributed by atoms with Gasteiger partial charge in [-0.2, -0.15) is 4.37 Å². The first kappa shape index (κ1) is 15.4. The number of aromatic nitrogens is 3. The van der Waals surface area contributed by atoms with Crippen LogP contribution in [0, 0.1) is 12.8 Å². The van der Waals surface area contributed by atoms with Crippen molar-refractivity contribution in [3.63, 3.8) is 0 Å². The summed E-state index contributed by atoms with van der Waals surface area (Å²) in [5.41, 5.74) is 0. The largest absolute Gasteiger partial charge is 0.347 e. The van der Waals surface area contributed by atoms with Crippen LogP contribution >= 0.6 is 27.5 Å². The SMILES string of the molecule is Cc1nsc(N2CCC(C(=O)Nc3ccc(Br)cn3)CC2)n1. The molecule has 1 fully saturated rings. The molecule has 0 saturated carbocycles. The molecule has 6 nitrogen and oxygen atoms in total. The van der Waals surface area contributed by atoms with Crippen LogP contribution in [0.1, 0.15) is 18.7 Å². The zero-order chi connectivity index (χ0) is 15.5. The standard InChI is InChI=1S/C14H16BrN5OS/c1-9-17-14(22-19-9)20-6-4-10(5-7-20)13(21)18-12-3-2-11(15)8-16-12/h2-3,8,10H,4-7H2,1H3,(H,16,18,21). The summed E-state index contributed by atoms with van der Waals surface area (Å²) in [6, 6.07) is 3.66. The number of aryl methyl sites for hydroxylation is 1. The van der Waals surface area contributed by atoms with Gasteiger partial charge in [0.1, 0.15) is 11.6 Å². The smallest absolute Gasteiger partial charge is 0.228 e. The first-order valence-electron chi connectivity index (χ1n) is 7.09. The highest BCUT2D eigenvalue weighted by Crippen LogP contribution is 2.25. The molecule has 3 rings (SSSR count). The Hall–Kier alpha value is -1.54. The molecule has 0 bridgehead atoms. The fourth-order valence-corrected chi connectivity index (χ4v) is 3.39. The summed E-state index contributed by atoms with van der Waals surface area (Å²) in [6.45, 7) is 3.56. The van der Waals surface area contributed by atoms with Gasteiger partial charge in [0.25, 0.3) is 0 Å². The highest BCUT2D eigenvalue weighted by Gasteiger charge is 2.26. The molecule has 0 radical (unpaired) electrons. The zero-order valence-electron chi connectivity index (χ0n) is 12.1. The second-order valence-electron chi connectivity index (χ2n) is 5.24. The third-order valence-corrected chi connectivity index (χ3v) is 4.97. The summed E-state index contributed by atoms with van der Waals surface area (Å²) in [6.07, 6.45) is 3.32. The van der Waals surface area contributed by atoms with Crippen LogP contribution in [-0.2, 0) is 4.79 Å². The Kier molecular flexibility index (Phi) is 4.68. The summed E-state index contributed by atoms with van der Waals surface area (Å²) in [4.78, 5) is 23.1. The van der Waals surface area contributed by atoms with Gasteiger partial charge in [-0.3, -0.25) is 4.79 Å². The van der Waals surface area contributed by atoms with E-state index in [9.17, 15) is 4.79 Å². The van der Waals surface area contributed by atoms with E-state index in [1.807, 2.05) is 13.0 Å². The highest BCUT2D eigenvalue weighted by molar-refractivity contribution is 9.10. The quantitative estimate of drug-likeness (QED) is 0.884. The van der Waals surface area contributed by atoms with Gasteiger partial charge in [0, 0.05) is 41.2 Å². The number of nitrogens with one attached hydrogen (secondary N) is 1. The molecule has 1 N–H and O–H groups in total. The minimum atomic E-state index is 0.0238. The number of pyridine rings is 1. The van der Waals surface area contributed by atoms with Crippen LogP contribution in [0.3, 0.4) is 0 Å². The van der Waals surface area contributed by atoms with Crippen LogP contribution in [0.15, 0.2) is 22.8 Å². The van der Waals surface area contributed by atoms with E-state index in [0.29, 0.717) is 5.82 Å². The van der Waals surface area contributed by atoms with Crippen molar-refractivity contribution in [3.05, 3.63) is 28.6 Å². The lowest BCUT2D eigenvalue weighted by Gasteiger charge is -2.30. The predicted molar refractivity (Wildman–Crippen MR) is 90.1 cm³/mol. The van der Waals surface area contributed by atoms with Crippen molar-refractivity contribution in [1.29, 1.82) is 0 Å². The molecule has 0 unspecified atom stereocenters. The van der Waals surface area contributed by atoms with Crippen molar-refractivity contribution in [2.75, 3.05) is 23.3 Å². The number of rotatable bonds is 3. The summed E-state index contributed by atoms with van der Waals surface area (Å²) in [5.74, 6) is 1.47. The molecule has 1 aliphatic rings. The molecule has 3 heterocycles. The molecule has 8 heteroatoms. The molecule has 0 aromatic carbocycles. The molecule has 0 aliphatic carbocycles. The number of carbonyl (C=O) groups is 1. The molecule has 0 atom stereocenters. The molecule has 2 aromatic rings. The predicted octanol–water partition coefficient (Wildman–Crippen LogP) is 2.86. The summed E-state index contributed by atoms with van der Waals surface area (Å²) < 4.78 is 5.10. The van der Waals surface area contributed by atoms with Crippen molar-refractivity contribution >= 4 is 44.3 Å². The average Bonchev–Trinajstić information content (AvgIpc) is 2.96. The maximum absolute atomic E-state index is 12.3. The summed E-state index contributed by atoms with van der Waals surface area (Å²) in [5, 5.41) is 3.83. The Morgan fingerprint density at radius 3 is 2.77 bits per heavy atom. The van der Waals surface area contributed by atoms with Gasteiger partial charge >= 0.3 is 0 Å². The van der Waals surface area contributed by atoms with E-state index in [4.69, 9.17) is 0 Å². The van der Waals surface area contributed by atoms with Gasteiger partial charge in [0.2, 0.25) is 11.0 Å². The molecule has 22 heavy (non-hydrogen) atoms. The summed E-state index contributed by atoms with van der Waals surface area (Å²) >= 11 is 4.75. The van der Waals surface area contributed by atoms with Crippen LogP contribution in [0.2, 0.25) is 0 Å². The Morgan fingerprint density at radius 1 is 1.41 bits per heavy atom. The third kappa shape index (κ3) is 3.61. The minimum Gasteiger partial charge on any atom is -0.347 e. The lowest BCUT2D eigenvalue weighted by molar-refractivity contribution is -0.120. The zero-order valence-corrected chi connectivity index (χ0v) is 14.5. The lowest BCUT2D eigenvalue weighted by Crippen LogP contribution is -2.38. The van der Waals surface area contributed by atoms with E-state index >= 15 is 0 Å².